The van der Waals surface area contributed by atoms with E-state index in [0.717, 1.165) is 9.26 Å². The molecular weight excluding hydrogens is 447 g/mol. The molecule has 0 unspecified atom stereocenters. The van der Waals surface area contributed by atoms with Crippen molar-refractivity contribution in [3.63, 3.8) is 0 Å². The van der Waals surface area contributed by atoms with E-state index < -0.39 is 0 Å². The van der Waals surface area contributed by atoms with Crippen LogP contribution in [0.2, 0.25) is 0 Å². The summed E-state index contributed by atoms with van der Waals surface area (Å²) in [5.41, 5.74) is 1.19. The molecule has 1 saturated heterocycles. The van der Waals surface area contributed by atoms with Crippen molar-refractivity contribution in [2.75, 3.05) is 38.2 Å². The highest BCUT2D eigenvalue weighted by Gasteiger charge is 2.21. The lowest BCUT2D eigenvalue weighted by Gasteiger charge is -2.27. The van der Waals surface area contributed by atoms with Crippen LogP contribution in [0.1, 0.15) is 10.4 Å². The van der Waals surface area contributed by atoms with Gasteiger partial charge in [-0.2, -0.15) is 0 Å². The predicted molar refractivity (Wildman–Crippen MR) is 106 cm³/mol. The minimum Gasteiger partial charge on any atom is -0.483 e. The molecule has 2 aromatic rings. The number of carbonyl (C=O) groups excluding carboxylic acids is 2. The number of hydrogen-bond donors (Lipinski definition) is 1. The summed E-state index contributed by atoms with van der Waals surface area (Å²) < 4.78 is 11.9. The fourth-order valence-corrected chi connectivity index (χ4v) is 3.12. The Hall–Kier alpha value is -2.13. The molecule has 1 fully saturated rings. The summed E-state index contributed by atoms with van der Waals surface area (Å²) in [6, 6.07) is 14.5. The maximum Gasteiger partial charge on any atom is 0.262 e. The van der Waals surface area contributed by atoms with Crippen molar-refractivity contribution in [1.29, 1.82) is 0 Å². The molecular formula is C19H19IN2O4. The summed E-state index contributed by atoms with van der Waals surface area (Å²) in [6.45, 7) is 2.01. The van der Waals surface area contributed by atoms with Gasteiger partial charge < -0.3 is 19.7 Å². The van der Waals surface area contributed by atoms with E-state index in [0.29, 0.717) is 37.6 Å². The van der Waals surface area contributed by atoms with E-state index >= 15 is 0 Å². The Morgan fingerprint density at radius 1 is 1.08 bits per heavy atom. The third-order valence-corrected chi connectivity index (χ3v) is 4.86. The second-order valence-electron chi connectivity index (χ2n) is 5.72. The molecule has 1 heterocycles. The fourth-order valence-electron chi connectivity index (χ4n) is 2.60. The Morgan fingerprint density at radius 3 is 2.54 bits per heavy atom. The van der Waals surface area contributed by atoms with Crippen molar-refractivity contribution >= 4 is 40.1 Å². The van der Waals surface area contributed by atoms with Crippen molar-refractivity contribution in [1.82, 2.24) is 4.90 Å². The van der Waals surface area contributed by atoms with E-state index in [1.807, 2.05) is 24.3 Å². The van der Waals surface area contributed by atoms with E-state index in [2.05, 4.69) is 27.9 Å². The summed E-state index contributed by atoms with van der Waals surface area (Å²) in [5, 5.41) is 2.81. The van der Waals surface area contributed by atoms with Gasteiger partial charge in [0.1, 0.15) is 5.75 Å². The Labute approximate surface area is 165 Å². The van der Waals surface area contributed by atoms with Gasteiger partial charge in [0.05, 0.1) is 24.5 Å². The minimum atomic E-state index is -0.275. The zero-order valence-electron chi connectivity index (χ0n) is 14.1. The molecule has 2 aromatic carbocycles. The first kappa shape index (κ1) is 18.7. The number of hydrogen-bond acceptors (Lipinski definition) is 4. The van der Waals surface area contributed by atoms with Gasteiger partial charge in [-0.15, -0.1) is 0 Å². The van der Waals surface area contributed by atoms with Crippen LogP contribution in [0.25, 0.3) is 0 Å². The standard InChI is InChI=1S/C19H19IN2O4/c20-15-6-2-3-7-16(15)21-18(23)13-26-17-8-4-1-5-14(17)19(24)22-9-11-25-12-10-22/h1-8H,9-13H2,(H,21,23). The summed E-state index contributed by atoms with van der Waals surface area (Å²) in [7, 11) is 0. The van der Waals surface area contributed by atoms with Gasteiger partial charge in [-0.05, 0) is 46.9 Å². The van der Waals surface area contributed by atoms with Crippen LogP contribution in [0.5, 0.6) is 5.75 Å². The number of benzene rings is 2. The first-order chi connectivity index (χ1) is 12.6. The Balaban J connectivity index is 1.64. The van der Waals surface area contributed by atoms with Crippen molar-refractivity contribution in [2.45, 2.75) is 0 Å². The van der Waals surface area contributed by atoms with Crippen molar-refractivity contribution in [3.05, 3.63) is 57.7 Å². The van der Waals surface area contributed by atoms with Gasteiger partial charge in [0.25, 0.3) is 11.8 Å². The van der Waals surface area contributed by atoms with Crippen LogP contribution >= 0.6 is 22.6 Å². The van der Waals surface area contributed by atoms with Crippen LogP contribution in [0.3, 0.4) is 0 Å². The van der Waals surface area contributed by atoms with Gasteiger partial charge in [-0.1, -0.05) is 24.3 Å². The van der Waals surface area contributed by atoms with Gasteiger partial charge in [0.2, 0.25) is 0 Å². The molecule has 2 amide bonds. The number of amides is 2. The Kier molecular flexibility index (Phi) is 6.45. The molecule has 0 bridgehead atoms. The highest BCUT2D eigenvalue weighted by molar-refractivity contribution is 14.1. The average molecular weight is 466 g/mol. The number of carbonyl (C=O) groups is 2. The number of nitrogens with one attached hydrogen (secondary N) is 1. The molecule has 1 aliphatic heterocycles. The Bertz CT molecular complexity index is 791. The predicted octanol–water partition coefficient (Wildman–Crippen LogP) is 2.78. The second kappa shape index (κ2) is 9.00. The summed E-state index contributed by atoms with van der Waals surface area (Å²) >= 11 is 2.16. The number of nitrogens with zero attached hydrogens (tertiary/aromatic N) is 1. The van der Waals surface area contributed by atoms with Gasteiger partial charge >= 0.3 is 0 Å². The molecule has 0 radical (unpaired) electrons. The van der Waals surface area contributed by atoms with Crippen LogP contribution < -0.4 is 10.1 Å². The van der Waals surface area contributed by atoms with Crippen LogP contribution in [-0.4, -0.2) is 49.6 Å². The lowest BCUT2D eigenvalue weighted by atomic mass is 10.1. The largest absolute Gasteiger partial charge is 0.483 e. The third-order valence-electron chi connectivity index (χ3n) is 3.92. The summed E-state index contributed by atoms with van der Waals surface area (Å²) in [6.07, 6.45) is 0. The lowest BCUT2D eigenvalue weighted by molar-refractivity contribution is -0.118. The number of morpholine rings is 1. The first-order valence-corrected chi connectivity index (χ1v) is 9.36. The molecule has 7 heteroatoms. The second-order valence-corrected chi connectivity index (χ2v) is 6.88. The molecule has 0 atom stereocenters. The first-order valence-electron chi connectivity index (χ1n) is 8.28. The molecule has 0 aliphatic carbocycles. The van der Waals surface area contributed by atoms with E-state index in [4.69, 9.17) is 9.47 Å². The van der Waals surface area contributed by atoms with E-state index in [1.54, 1.807) is 29.2 Å². The van der Waals surface area contributed by atoms with Crippen molar-refractivity contribution < 1.29 is 19.1 Å². The number of para-hydroxylation sites is 2. The molecule has 1 N–H and O–H groups in total. The molecule has 1 aliphatic rings. The van der Waals surface area contributed by atoms with Gasteiger partial charge in [-0.3, -0.25) is 9.59 Å². The highest BCUT2D eigenvalue weighted by atomic mass is 127. The Morgan fingerprint density at radius 2 is 1.77 bits per heavy atom. The molecule has 136 valence electrons. The van der Waals surface area contributed by atoms with E-state index in [9.17, 15) is 9.59 Å². The van der Waals surface area contributed by atoms with E-state index in [-0.39, 0.29) is 18.4 Å². The molecule has 0 saturated carbocycles. The molecule has 3 rings (SSSR count). The number of halogens is 1. The monoisotopic (exact) mass is 466 g/mol. The number of anilines is 1. The lowest BCUT2D eigenvalue weighted by Crippen LogP contribution is -2.40. The van der Waals surface area contributed by atoms with Crippen molar-refractivity contribution in [3.8, 4) is 5.75 Å². The smallest absolute Gasteiger partial charge is 0.262 e. The van der Waals surface area contributed by atoms with Crippen LogP contribution in [0, 0.1) is 3.57 Å². The maximum absolute atomic E-state index is 12.7. The van der Waals surface area contributed by atoms with Crippen LogP contribution in [0.15, 0.2) is 48.5 Å². The molecule has 0 aromatic heterocycles. The molecule has 26 heavy (non-hydrogen) atoms. The van der Waals surface area contributed by atoms with Crippen LogP contribution in [0.4, 0.5) is 5.69 Å². The quantitative estimate of drug-likeness (QED) is 0.689. The number of ether oxygens (including phenoxy) is 2. The van der Waals surface area contributed by atoms with Crippen LogP contribution in [-0.2, 0) is 9.53 Å². The highest BCUT2D eigenvalue weighted by Crippen LogP contribution is 2.21. The van der Waals surface area contributed by atoms with Gasteiger partial charge in [0, 0.05) is 16.7 Å². The zero-order chi connectivity index (χ0) is 18.4. The molecule has 0 spiro atoms. The fraction of sp³-hybridized carbons (Fsp3) is 0.263. The topological polar surface area (TPSA) is 67.9 Å². The van der Waals surface area contributed by atoms with E-state index in [1.165, 1.54) is 0 Å². The average Bonchev–Trinajstić information content (AvgIpc) is 2.68. The SMILES string of the molecule is O=C(COc1ccccc1C(=O)N1CCOCC1)Nc1ccccc1I. The third kappa shape index (κ3) is 4.73. The normalized spacial score (nSPS) is 14.0. The maximum atomic E-state index is 12.7. The van der Waals surface area contributed by atoms with Gasteiger partial charge in [-0.25, -0.2) is 0 Å². The van der Waals surface area contributed by atoms with Gasteiger partial charge in [0.15, 0.2) is 6.61 Å². The van der Waals surface area contributed by atoms with Crippen molar-refractivity contribution in [2.24, 2.45) is 0 Å². The zero-order valence-corrected chi connectivity index (χ0v) is 16.3. The summed E-state index contributed by atoms with van der Waals surface area (Å²) in [4.78, 5) is 26.6. The molecule has 6 nitrogen and oxygen atoms in total. The summed E-state index contributed by atoms with van der Waals surface area (Å²) in [5.74, 6) is 0.0200. The minimum absolute atomic E-state index is 0.109. The number of rotatable bonds is 5.